The lowest BCUT2D eigenvalue weighted by molar-refractivity contribution is -0.119. The number of thioether (sulfide) groups is 1. The van der Waals surface area contributed by atoms with Crippen molar-refractivity contribution in [2.75, 3.05) is 11.9 Å². The van der Waals surface area contributed by atoms with Gasteiger partial charge in [-0.3, -0.25) is 4.79 Å². The monoisotopic (exact) mass is 450 g/mol. The third kappa shape index (κ3) is 5.62. The summed E-state index contributed by atoms with van der Waals surface area (Å²) in [4.78, 5) is 28.7. The van der Waals surface area contributed by atoms with E-state index in [4.69, 9.17) is 4.74 Å². The average molecular weight is 451 g/mol. The number of ether oxygens (including phenoxy) is 1. The Kier molecular flexibility index (Phi) is 6.49. The molecule has 156 valence electrons. The van der Waals surface area contributed by atoms with Crippen molar-refractivity contribution < 1.29 is 19.4 Å². The number of benzene rings is 3. The minimum Gasteiger partial charge on any atom is -0.508 e. The van der Waals surface area contributed by atoms with E-state index in [0.717, 1.165) is 25.9 Å². The second kappa shape index (κ2) is 9.63. The van der Waals surface area contributed by atoms with E-state index in [1.165, 1.54) is 12.1 Å². The lowest BCUT2D eigenvalue weighted by Gasteiger charge is -2.07. The van der Waals surface area contributed by atoms with Crippen molar-refractivity contribution in [2.24, 2.45) is 0 Å². The average Bonchev–Trinajstić information content (AvgIpc) is 3.21. The summed E-state index contributed by atoms with van der Waals surface area (Å²) in [6.07, 6.45) is 0. The van der Waals surface area contributed by atoms with Crippen LogP contribution in [0, 0.1) is 0 Å². The highest BCUT2D eigenvalue weighted by molar-refractivity contribution is 8.00. The predicted molar refractivity (Wildman–Crippen MR) is 123 cm³/mol. The van der Waals surface area contributed by atoms with E-state index in [-0.39, 0.29) is 5.75 Å². The zero-order valence-electron chi connectivity index (χ0n) is 16.3. The number of phenolic OH excluding ortho intramolecular Hbond substituents is 1. The molecule has 3 aromatic carbocycles. The van der Waals surface area contributed by atoms with E-state index >= 15 is 0 Å². The molecule has 0 spiro atoms. The van der Waals surface area contributed by atoms with Crippen LogP contribution in [0.5, 0.6) is 5.75 Å². The number of hydrogen-bond donors (Lipinski definition) is 2. The van der Waals surface area contributed by atoms with Crippen LogP contribution in [0.2, 0.25) is 0 Å². The van der Waals surface area contributed by atoms with Gasteiger partial charge in [0, 0.05) is 11.4 Å². The van der Waals surface area contributed by atoms with Crippen molar-refractivity contribution in [1.29, 1.82) is 0 Å². The van der Waals surface area contributed by atoms with Crippen LogP contribution in [0.3, 0.4) is 0 Å². The van der Waals surface area contributed by atoms with Gasteiger partial charge in [-0.15, -0.1) is 11.3 Å². The molecule has 1 heterocycles. The van der Waals surface area contributed by atoms with Gasteiger partial charge < -0.3 is 15.2 Å². The van der Waals surface area contributed by atoms with Gasteiger partial charge >= 0.3 is 5.97 Å². The molecule has 0 saturated carbocycles. The fraction of sp³-hybridized carbons (Fsp3) is 0.0870. The maximum absolute atomic E-state index is 12.2. The van der Waals surface area contributed by atoms with Crippen molar-refractivity contribution in [3.63, 3.8) is 0 Å². The molecule has 4 aromatic rings. The Labute approximate surface area is 186 Å². The van der Waals surface area contributed by atoms with Crippen LogP contribution in [0.25, 0.3) is 10.2 Å². The summed E-state index contributed by atoms with van der Waals surface area (Å²) in [6, 6.07) is 21.2. The maximum Gasteiger partial charge on any atom is 0.338 e. The van der Waals surface area contributed by atoms with Crippen LogP contribution >= 0.6 is 23.1 Å². The summed E-state index contributed by atoms with van der Waals surface area (Å²) >= 11 is 3.31. The van der Waals surface area contributed by atoms with Crippen molar-refractivity contribution in [1.82, 2.24) is 4.98 Å². The number of phenols is 1. The molecule has 8 heteroatoms. The largest absolute Gasteiger partial charge is 0.508 e. The summed E-state index contributed by atoms with van der Waals surface area (Å²) in [5.41, 5.74) is 2.95. The van der Waals surface area contributed by atoms with Crippen LogP contribution in [-0.2, 0) is 15.3 Å². The zero-order chi connectivity index (χ0) is 21.6. The Hall–Kier alpha value is -3.36. The summed E-state index contributed by atoms with van der Waals surface area (Å²) in [6.45, 7) is -0.394. The Morgan fingerprint density at radius 1 is 1.00 bits per heavy atom. The van der Waals surface area contributed by atoms with Crippen molar-refractivity contribution in [2.45, 2.75) is 10.1 Å². The minimum absolute atomic E-state index is 0.103. The number of fused-ring (bicyclic) bond motifs is 1. The van der Waals surface area contributed by atoms with Gasteiger partial charge in [-0.05, 0) is 54.1 Å². The normalized spacial score (nSPS) is 10.7. The molecule has 0 radical (unpaired) electrons. The fourth-order valence-corrected chi connectivity index (χ4v) is 4.78. The first-order chi connectivity index (χ1) is 15.1. The third-order valence-corrected chi connectivity index (χ3v) is 6.56. The highest BCUT2D eigenvalue weighted by Gasteiger charge is 2.11. The standard InChI is InChI=1S/C23H18N2O4S2/c26-18-11-9-17(10-12-18)24-21(27)13-29-22(28)16-7-5-15(6-8-16)14-30-23-25-19-3-1-2-4-20(19)31-23/h1-12,26H,13-14H2,(H,24,27). The van der Waals surface area contributed by atoms with E-state index in [9.17, 15) is 14.7 Å². The molecule has 6 nitrogen and oxygen atoms in total. The van der Waals surface area contributed by atoms with Crippen LogP contribution in [0.4, 0.5) is 5.69 Å². The zero-order valence-corrected chi connectivity index (χ0v) is 17.9. The summed E-state index contributed by atoms with van der Waals surface area (Å²) in [7, 11) is 0. The molecule has 1 amide bonds. The molecule has 4 rings (SSSR count). The topological polar surface area (TPSA) is 88.5 Å². The number of rotatable bonds is 7. The Balaban J connectivity index is 1.26. The summed E-state index contributed by atoms with van der Waals surface area (Å²) in [5.74, 6) is -0.176. The number of carbonyl (C=O) groups is 2. The molecule has 1 aromatic heterocycles. The molecular weight excluding hydrogens is 432 g/mol. The number of nitrogens with zero attached hydrogens (tertiary/aromatic N) is 1. The third-order valence-electron chi connectivity index (χ3n) is 4.31. The number of aromatic nitrogens is 1. The number of para-hydroxylation sites is 1. The van der Waals surface area contributed by atoms with Crippen molar-refractivity contribution in [3.8, 4) is 5.75 Å². The predicted octanol–water partition coefficient (Wildman–Crippen LogP) is 5.09. The van der Waals surface area contributed by atoms with Gasteiger partial charge in [-0.25, -0.2) is 9.78 Å². The molecule has 0 aliphatic rings. The lowest BCUT2D eigenvalue weighted by Crippen LogP contribution is -2.20. The molecule has 0 bridgehead atoms. The number of carbonyl (C=O) groups excluding carboxylic acids is 2. The number of hydrogen-bond acceptors (Lipinski definition) is 7. The van der Waals surface area contributed by atoms with E-state index < -0.39 is 18.5 Å². The van der Waals surface area contributed by atoms with Crippen LogP contribution in [0.1, 0.15) is 15.9 Å². The minimum atomic E-state index is -0.564. The quantitative estimate of drug-likeness (QED) is 0.232. The first kappa shape index (κ1) is 20.9. The molecule has 0 unspecified atom stereocenters. The van der Waals surface area contributed by atoms with Crippen molar-refractivity contribution in [3.05, 3.63) is 83.9 Å². The smallest absolute Gasteiger partial charge is 0.338 e. The number of aromatic hydroxyl groups is 1. The van der Waals surface area contributed by atoms with Gasteiger partial charge in [-0.1, -0.05) is 36.0 Å². The Morgan fingerprint density at radius 2 is 1.74 bits per heavy atom. The number of anilines is 1. The second-order valence-electron chi connectivity index (χ2n) is 6.60. The molecule has 2 N–H and O–H groups in total. The molecule has 0 aliphatic heterocycles. The number of esters is 1. The lowest BCUT2D eigenvalue weighted by atomic mass is 10.1. The summed E-state index contributed by atoms with van der Waals surface area (Å²) < 4.78 is 7.24. The molecule has 0 fully saturated rings. The SMILES string of the molecule is O=C(COC(=O)c1ccc(CSc2nc3ccccc3s2)cc1)Nc1ccc(O)cc1. The number of amides is 1. The fourth-order valence-electron chi connectivity index (χ4n) is 2.75. The van der Waals surface area contributed by atoms with Crippen LogP contribution in [-0.4, -0.2) is 28.6 Å². The van der Waals surface area contributed by atoms with Gasteiger partial charge in [0.15, 0.2) is 10.9 Å². The first-order valence-electron chi connectivity index (χ1n) is 9.40. The Morgan fingerprint density at radius 3 is 2.48 bits per heavy atom. The van der Waals surface area contributed by atoms with E-state index in [1.54, 1.807) is 47.4 Å². The highest BCUT2D eigenvalue weighted by atomic mass is 32.2. The number of thiazole rings is 1. The van der Waals surface area contributed by atoms with Gasteiger partial charge in [-0.2, -0.15) is 0 Å². The molecule has 31 heavy (non-hydrogen) atoms. The maximum atomic E-state index is 12.2. The van der Waals surface area contributed by atoms with Gasteiger partial charge in [0.2, 0.25) is 0 Å². The second-order valence-corrected chi connectivity index (χ2v) is 8.86. The van der Waals surface area contributed by atoms with Gasteiger partial charge in [0.25, 0.3) is 5.91 Å². The van der Waals surface area contributed by atoms with Crippen LogP contribution < -0.4 is 5.32 Å². The molecule has 0 aliphatic carbocycles. The van der Waals surface area contributed by atoms with E-state index in [0.29, 0.717) is 11.3 Å². The highest BCUT2D eigenvalue weighted by Crippen LogP contribution is 2.31. The summed E-state index contributed by atoms with van der Waals surface area (Å²) in [5, 5.41) is 11.8. The van der Waals surface area contributed by atoms with Gasteiger partial charge in [0.1, 0.15) is 5.75 Å². The van der Waals surface area contributed by atoms with E-state index in [1.807, 2.05) is 30.3 Å². The molecule has 0 saturated heterocycles. The first-order valence-corrected chi connectivity index (χ1v) is 11.2. The van der Waals surface area contributed by atoms with Crippen molar-refractivity contribution >= 4 is 50.9 Å². The van der Waals surface area contributed by atoms with E-state index in [2.05, 4.69) is 16.4 Å². The van der Waals surface area contributed by atoms with Crippen LogP contribution in [0.15, 0.2) is 77.1 Å². The molecular formula is C23H18N2O4S2. The van der Waals surface area contributed by atoms with Gasteiger partial charge in [0.05, 0.1) is 15.8 Å². The molecule has 0 atom stereocenters. The Bertz CT molecular complexity index is 1170. The number of nitrogens with one attached hydrogen (secondary N) is 1.